The third kappa shape index (κ3) is 2.44. The molecular weight excluding hydrogens is 260 g/mol. The number of pyridine rings is 1. The predicted molar refractivity (Wildman–Crippen MR) is 76.3 cm³/mol. The van der Waals surface area contributed by atoms with Crippen LogP contribution in [0.5, 0.6) is 0 Å². The number of nitrogens with one attached hydrogen (secondary N) is 2. The first-order valence-corrected chi connectivity index (χ1v) is 6.76. The van der Waals surface area contributed by atoms with Crippen molar-refractivity contribution in [3.05, 3.63) is 69.1 Å². The Labute approximate surface area is 116 Å². The van der Waals surface area contributed by atoms with Gasteiger partial charge in [0, 0.05) is 28.9 Å². The van der Waals surface area contributed by atoms with E-state index in [-0.39, 0.29) is 11.1 Å². The zero-order valence-corrected chi connectivity index (χ0v) is 11.2. The van der Waals surface area contributed by atoms with Crippen LogP contribution >= 0.6 is 11.6 Å². The van der Waals surface area contributed by atoms with Crippen molar-refractivity contribution in [2.75, 3.05) is 0 Å². The van der Waals surface area contributed by atoms with E-state index in [0.29, 0.717) is 6.54 Å². The smallest absolute Gasteiger partial charge is 0.252 e. The van der Waals surface area contributed by atoms with Gasteiger partial charge in [0.05, 0.1) is 0 Å². The van der Waals surface area contributed by atoms with Crippen molar-refractivity contribution in [3.63, 3.8) is 0 Å². The van der Waals surface area contributed by atoms with Gasteiger partial charge in [0.2, 0.25) is 0 Å². The topological polar surface area (TPSA) is 44.9 Å². The molecule has 3 rings (SSSR count). The molecule has 3 nitrogen and oxygen atoms in total. The van der Waals surface area contributed by atoms with Crippen molar-refractivity contribution in [3.8, 4) is 0 Å². The average Bonchev–Trinajstić information content (AvgIpc) is 3.19. The fourth-order valence-corrected chi connectivity index (χ4v) is 2.69. The first-order valence-electron chi connectivity index (χ1n) is 6.38. The summed E-state index contributed by atoms with van der Waals surface area (Å²) in [5, 5.41) is 4.27. The molecule has 0 amide bonds. The maximum absolute atomic E-state index is 11.6. The van der Waals surface area contributed by atoms with Gasteiger partial charge >= 0.3 is 0 Å². The molecule has 1 aromatic heterocycles. The summed E-state index contributed by atoms with van der Waals surface area (Å²) in [6.07, 6.45) is 3.76. The first-order chi connectivity index (χ1) is 9.21. The highest BCUT2D eigenvalue weighted by Gasteiger charge is 2.44. The monoisotopic (exact) mass is 274 g/mol. The summed E-state index contributed by atoms with van der Waals surface area (Å²) in [6, 6.07) is 11.6. The predicted octanol–water partition coefficient (Wildman–Crippen LogP) is 2.81. The third-order valence-electron chi connectivity index (χ3n) is 3.66. The second kappa shape index (κ2) is 4.83. The van der Waals surface area contributed by atoms with E-state index in [2.05, 4.69) is 16.4 Å². The van der Waals surface area contributed by atoms with Crippen molar-refractivity contribution >= 4 is 11.6 Å². The van der Waals surface area contributed by atoms with Crippen LogP contribution in [0.4, 0.5) is 0 Å². The van der Waals surface area contributed by atoms with Crippen LogP contribution in [-0.4, -0.2) is 4.98 Å². The SMILES string of the molecule is O=c1[nH]cccc1CNC1(c2ccccc2Cl)CC1. The van der Waals surface area contributed by atoms with Crippen molar-refractivity contribution < 1.29 is 0 Å². The zero-order chi connectivity index (χ0) is 13.3. The van der Waals surface area contributed by atoms with Crippen LogP contribution in [0.1, 0.15) is 24.0 Å². The van der Waals surface area contributed by atoms with Gasteiger partial charge < -0.3 is 10.3 Å². The van der Waals surface area contributed by atoms with Gasteiger partial charge in [0.25, 0.3) is 5.56 Å². The minimum atomic E-state index is -0.0549. The van der Waals surface area contributed by atoms with Crippen LogP contribution in [0.3, 0.4) is 0 Å². The highest BCUT2D eigenvalue weighted by atomic mass is 35.5. The molecule has 1 saturated carbocycles. The van der Waals surface area contributed by atoms with E-state index in [1.807, 2.05) is 30.3 Å². The van der Waals surface area contributed by atoms with Gasteiger partial charge in [0.15, 0.2) is 0 Å². The first kappa shape index (κ1) is 12.5. The molecule has 1 aliphatic carbocycles. The third-order valence-corrected chi connectivity index (χ3v) is 3.99. The van der Waals surface area contributed by atoms with Crippen molar-refractivity contribution in [2.24, 2.45) is 0 Å². The van der Waals surface area contributed by atoms with Crippen molar-refractivity contribution in [1.29, 1.82) is 0 Å². The molecule has 0 spiro atoms. The molecular formula is C15H15ClN2O. The molecule has 1 fully saturated rings. The largest absolute Gasteiger partial charge is 0.329 e. The van der Waals surface area contributed by atoms with Crippen molar-refractivity contribution in [1.82, 2.24) is 10.3 Å². The van der Waals surface area contributed by atoms with Crippen LogP contribution in [0, 0.1) is 0 Å². The van der Waals surface area contributed by atoms with Gasteiger partial charge in [-0.1, -0.05) is 35.9 Å². The van der Waals surface area contributed by atoms with Crippen molar-refractivity contribution in [2.45, 2.75) is 24.9 Å². The minimum Gasteiger partial charge on any atom is -0.329 e. The van der Waals surface area contributed by atoms with Gasteiger partial charge in [-0.3, -0.25) is 4.79 Å². The maximum Gasteiger partial charge on any atom is 0.252 e. The standard InChI is InChI=1S/C15H15ClN2O/c16-13-6-2-1-5-12(13)15(7-8-15)18-10-11-4-3-9-17-14(11)19/h1-6,9,18H,7-8,10H2,(H,17,19). The molecule has 1 aromatic carbocycles. The lowest BCUT2D eigenvalue weighted by Gasteiger charge is -2.19. The summed E-state index contributed by atoms with van der Waals surface area (Å²) in [7, 11) is 0. The Hall–Kier alpha value is -1.58. The molecule has 1 heterocycles. The minimum absolute atomic E-state index is 0.0371. The fourth-order valence-electron chi connectivity index (χ4n) is 2.38. The van der Waals surface area contributed by atoms with E-state index in [4.69, 9.17) is 11.6 Å². The van der Waals surface area contributed by atoms with Gasteiger partial charge in [-0.15, -0.1) is 0 Å². The van der Waals surface area contributed by atoms with Crippen LogP contribution < -0.4 is 10.9 Å². The summed E-state index contributed by atoms with van der Waals surface area (Å²) in [4.78, 5) is 14.3. The normalized spacial score (nSPS) is 16.3. The average molecular weight is 275 g/mol. The lowest BCUT2D eigenvalue weighted by atomic mass is 10.0. The quantitative estimate of drug-likeness (QED) is 0.900. The lowest BCUT2D eigenvalue weighted by molar-refractivity contribution is 0.517. The Morgan fingerprint density at radius 1 is 1.21 bits per heavy atom. The summed E-state index contributed by atoms with van der Waals surface area (Å²) in [6.45, 7) is 0.557. The van der Waals surface area contributed by atoms with Gasteiger partial charge in [-0.05, 0) is 30.5 Å². The molecule has 4 heteroatoms. The van der Waals surface area contributed by atoms with Crippen LogP contribution in [0.15, 0.2) is 47.4 Å². The highest BCUT2D eigenvalue weighted by molar-refractivity contribution is 6.31. The molecule has 0 unspecified atom stereocenters. The molecule has 0 bridgehead atoms. The highest BCUT2D eigenvalue weighted by Crippen LogP contribution is 2.48. The number of aromatic nitrogens is 1. The summed E-state index contributed by atoms with van der Waals surface area (Å²) < 4.78 is 0. The van der Waals surface area contributed by atoms with E-state index in [1.54, 1.807) is 6.20 Å². The number of rotatable bonds is 4. The molecule has 2 N–H and O–H groups in total. The van der Waals surface area contributed by atoms with E-state index in [9.17, 15) is 4.79 Å². The number of hydrogen-bond donors (Lipinski definition) is 2. The second-order valence-electron chi connectivity index (χ2n) is 4.94. The molecule has 1 aliphatic rings. The lowest BCUT2D eigenvalue weighted by Crippen LogP contribution is -2.31. The van der Waals surface area contributed by atoms with E-state index in [0.717, 1.165) is 29.0 Å². The summed E-state index contributed by atoms with van der Waals surface area (Å²) >= 11 is 6.25. The van der Waals surface area contributed by atoms with Crippen LogP contribution in [-0.2, 0) is 12.1 Å². The molecule has 0 saturated heterocycles. The summed E-state index contributed by atoms with van der Waals surface area (Å²) in [5.74, 6) is 0. The number of benzene rings is 1. The molecule has 0 radical (unpaired) electrons. The second-order valence-corrected chi connectivity index (χ2v) is 5.35. The Kier molecular flexibility index (Phi) is 3.17. The number of aromatic amines is 1. The van der Waals surface area contributed by atoms with E-state index >= 15 is 0 Å². The molecule has 0 aliphatic heterocycles. The van der Waals surface area contributed by atoms with E-state index in [1.165, 1.54) is 0 Å². The molecule has 98 valence electrons. The van der Waals surface area contributed by atoms with E-state index < -0.39 is 0 Å². The Bertz CT molecular complexity index is 646. The Morgan fingerprint density at radius 3 is 2.68 bits per heavy atom. The Morgan fingerprint density at radius 2 is 2.00 bits per heavy atom. The zero-order valence-electron chi connectivity index (χ0n) is 10.4. The van der Waals surface area contributed by atoms with Crippen LogP contribution in [0.2, 0.25) is 5.02 Å². The van der Waals surface area contributed by atoms with Crippen LogP contribution in [0.25, 0.3) is 0 Å². The Balaban J connectivity index is 1.79. The van der Waals surface area contributed by atoms with Gasteiger partial charge in [-0.25, -0.2) is 0 Å². The fraction of sp³-hybridized carbons (Fsp3) is 0.267. The van der Waals surface area contributed by atoms with Gasteiger partial charge in [0.1, 0.15) is 0 Å². The maximum atomic E-state index is 11.6. The summed E-state index contributed by atoms with van der Waals surface area (Å²) in [5.41, 5.74) is 1.79. The number of halogens is 1. The number of hydrogen-bond acceptors (Lipinski definition) is 2. The molecule has 2 aromatic rings. The molecule has 19 heavy (non-hydrogen) atoms. The number of H-pyrrole nitrogens is 1. The molecule has 0 atom stereocenters. The van der Waals surface area contributed by atoms with Gasteiger partial charge in [-0.2, -0.15) is 0 Å².